The largest absolute Gasteiger partial charge is 0.382 e. The zero-order chi connectivity index (χ0) is 24.7. The molecule has 0 radical (unpaired) electrons. The van der Waals surface area contributed by atoms with Crippen molar-refractivity contribution < 1.29 is 13.9 Å². The molecular formula is C26H25ClF2N4O. The van der Waals surface area contributed by atoms with Gasteiger partial charge in [-0.15, -0.1) is 0 Å². The van der Waals surface area contributed by atoms with Crippen molar-refractivity contribution in [1.29, 1.82) is 0 Å². The number of nitrogens with one attached hydrogen (secondary N) is 1. The van der Waals surface area contributed by atoms with Crippen LogP contribution < -0.4 is 5.32 Å². The number of alkyl halides is 1. The molecule has 0 saturated carbocycles. The number of hydrogen-bond acceptors (Lipinski definition) is 5. The molecule has 2 N–H and O–H groups in total. The number of hydrogen-bond donors (Lipinski definition) is 2. The molecule has 2 aromatic heterocycles. The first-order valence-corrected chi connectivity index (χ1v) is 11.2. The van der Waals surface area contributed by atoms with Crippen LogP contribution in [0.25, 0.3) is 22.0 Å². The van der Waals surface area contributed by atoms with Gasteiger partial charge in [0.25, 0.3) is 0 Å². The molecule has 0 spiro atoms. The van der Waals surface area contributed by atoms with Gasteiger partial charge in [-0.25, -0.2) is 18.7 Å². The maximum Gasteiger partial charge on any atom is 0.159 e. The molecule has 0 bridgehead atoms. The third-order valence-electron chi connectivity index (χ3n) is 5.55. The van der Waals surface area contributed by atoms with Crippen LogP contribution in [0.3, 0.4) is 0 Å². The Morgan fingerprint density at radius 2 is 1.62 bits per heavy atom. The van der Waals surface area contributed by atoms with Gasteiger partial charge in [0, 0.05) is 35.1 Å². The predicted molar refractivity (Wildman–Crippen MR) is 131 cm³/mol. The fourth-order valence-electron chi connectivity index (χ4n) is 3.76. The van der Waals surface area contributed by atoms with E-state index < -0.39 is 23.1 Å². The van der Waals surface area contributed by atoms with Crippen molar-refractivity contribution in [3.63, 3.8) is 0 Å². The lowest BCUT2D eigenvalue weighted by atomic mass is 9.92. The summed E-state index contributed by atoms with van der Waals surface area (Å²) in [6, 6.07) is 10.6. The Labute approximate surface area is 201 Å². The van der Waals surface area contributed by atoms with Crippen molar-refractivity contribution in [2.45, 2.75) is 45.0 Å². The van der Waals surface area contributed by atoms with Crippen LogP contribution in [-0.2, 0) is 5.60 Å². The van der Waals surface area contributed by atoms with E-state index >= 15 is 4.39 Å². The van der Waals surface area contributed by atoms with E-state index in [-0.39, 0.29) is 10.6 Å². The van der Waals surface area contributed by atoms with Gasteiger partial charge in [0.1, 0.15) is 17.1 Å². The molecular weight excluding hydrogens is 458 g/mol. The molecule has 4 aromatic rings. The highest BCUT2D eigenvalue weighted by molar-refractivity contribution is 6.34. The highest BCUT2D eigenvalue weighted by Crippen LogP contribution is 2.39. The second kappa shape index (κ2) is 8.89. The Kier molecular flexibility index (Phi) is 6.27. The van der Waals surface area contributed by atoms with E-state index in [9.17, 15) is 9.50 Å². The molecule has 176 valence electrons. The lowest BCUT2D eigenvalue weighted by molar-refractivity contribution is 0.0687. The summed E-state index contributed by atoms with van der Waals surface area (Å²) in [6.45, 7) is 6.01. The van der Waals surface area contributed by atoms with E-state index in [1.54, 1.807) is 44.4 Å². The van der Waals surface area contributed by atoms with E-state index in [4.69, 9.17) is 11.6 Å². The number of aromatic nitrogens is 3. The summed E-state index contributed by atoms with van der Waals surface area (Å²) in [7, 11) is 0. The lowest BCUT2D eigenvalue weighted by Gasteiger charge is -2.30. The number of aliphatic hydroxyl groups is 1. The normalized spacial score (nSPS) is 13.2. The van der Waals surface area contributed by atoms with E-state index in [0.29, 0.717) is 22.4 Å². The second-order valence-corrected chi connectivity index (χ2v) is 9.64. The number of benzene rings is 2. The minimum absolute atomic E-state index is 0.197. The maximum atomic E-state index is 15.3. The molecule has 34 heavy (non-hydrogen) atoms. The molecule has 2 heterocycles. The van der Waals surface area contributed by atoms with Crippen molar-refractivity contribution in [1.82, 2.24) is 15.0 Å². The van der Waals surface area contributed by atoms with Gasteiger partial charge in [-0.3, -0.25) is 4.98 Å². The maximum absolute atomic E-state index is 15.3. The van der Waals surface area contributed by atoms with E-state index in [0.717, 1.165) is 11.1 Å². The van der Waals surface area contributed by atoms with Gasteiger partial charge in [-0.2, -0.15) is 0 Å². The Morgan fingerprint density at radius 3 is 2.24 bits per heavy atom. The standard InChI is InChI=1S/C26H25ClF2N4O/c1-25(2,29)23(17-7-5-6-8-20(17)28)33-22-18-11-15(9-10-21(18)30-14-19(22)27)16-12-31-24(32-13-16)26(3,4)34/h5-14,23,34H,1-4H3,(H,30,33). The molecule has 1 unspecified atom stereocenters. The van der Waals surface area contributed by atoms with E-state index in [2.05, 4.69) is 20.3 Å². The molecule has 2 aromatic carbocycles. The number of anilines is 1. The predicted octanol–water partition coefficient (Wildman–Crippen LogP) is 6.61. The Hall–Kier alpha value is -3.16. The van der Waals surface area contributed by atoms with Crippen LogP contribution in [0.2, 0.25) is 5.02 Å². The van der Waals surface area contributed by atoms with Crippen molar-refractivity contribution >= 4 is 28.2 Å². The van der Waals surface area contributed by atoms with Crippen LogP contribution in [0.1, 0.15) is 45.1 Å². The van der Waals surface area contributed by atoms with Gasteiger partial charge in [-0.1, -0.05) is 35.9 Å². The van der Waals surface area contributed by atoms with Crippen LogP contribution in [0, 0.1) is 5.82 Å². The summed E-state index contributed by atoms with van der Waals surface area (Å²) in [6.07, 6.45) is 4.73. The summed E-state index contributed by atoms with van der Waals surface area (Å²) in [4.78, 5) is 12.9. The topological polar surface area (TPSA) is 70.9 Å². The Balaban J connectivity index is 1.81. The van der Waals surface area contributed by atoms with Crippen molar-refractivity contribution in [3.8, 4) is 11.1 Å². The van der Waals surface area contributed by atoms with E-state index in [1.807, 2.05) is 18.2 Å². The van der Waals surface area contributed by atoms with Gasteiger partial charge in [0.2, 0.25) is 0 Å². The number of nitrogens with zero attached hydrogens (tertiary/aromatic N) is 3. The van der Waals surface area contributed by atoms with Gasteiger partial charge in [0.15, 0.2) is 5.82 Å². The molecule has 0 aliphatic carbocycles. The number of pyridine rings is 1. The summed E-state index contributed by atoms with van der Waals surface area (Å²) >= 11 is 6.50. The molecule has 5 nitrogen and oxygen atoms in total. The van der Waals surface area contributed by atoms with E-state index in [1.165, 1.54) is 26.1 Å². The van der Waals surface area contributed by atoms with Gasteiger partial charge >= 0.3 is 0 Å². The quantitative estimate of drug-likeness (QED) is 0.323. The van der Waals surface area contributed by atoms with Crippen molar-refractivity contribution in [2.24, 2.45) is 0 Å². The van der Waals surface area contributed by atoms with Crippen LogP contribution in [0.15, 0.2) is 61.1 Å². The van der Waals surface area contributed by atoms with Crippen LogP contribution in [-0.4, -0.2) is 25.7 Å². The Bertz CT molecular complexity index is 1330. The minimum Gasteiger partial charge on any atom is -0.382 e. The number of rotatable bonds is 6. The number of fused-ring (bicyclic) bond motifs is 1. The summed E-state index contributed by atoms with van der Waals surface area (Å²) in [5.41, 5.74) is -0.185. The van der Waals surface area contributed by atoms with Crippen LogP contribution in [0.4, 0.5) is 14.5 Å². The average Bonchev–Trinajstić information content (AvgIpc) is 2.77. The first kappa shape index (κ1) is 24.0. The minimum atomic E-state index is -1.81. The molecule has 8 heteroatoms. The molecule has 0 saturated heterocycles. The van der Waals surface area contributed by atoms with Crippen molar-refractivity contribution in [2.75, 3.05) is 5.32 Å². The molecule has 0 aliphatic heterocycles. The summed E-state index contributed by atoms with van der Waals surface area (Å²) < 4.78 is 29.9. The highest BCUT2D eigenvalue weighted by atomic mass is 35.5. The first-order chi connectivity index (χ1) is 15.9. The summed E-state index contributed by atoms with van der Waals surface area (Å²) in [5, 5.41) is 14.2. The first-order valence-electron chi connectivity index (χ1n) is 10.8. The highest BCUT2D eigenvalue weighted by Gasteiger charge is 2.33. The zero-order valence-electron chi connectivity index (χ0n) is 19.3. The molecule has 0 amide bonds. The molecule has 1 atom stereocenters. The van der Waals surface area contributed by atoms with Gasteiger partial charge in [-0.05, 0) is 51.5 Å². The fourth-order valence-corrected chi connectivity index (χ4v) is 3.97. The van der Waals surface area contributed by atoms with Gasteiger partial charge in [0.05, 0.1) is 22.3 Å². The zero-order valence-corrected chi connectivity index (χ0v) is 20.0. The third-order valence-corrected chi connectivity index (χ3v) is 5.83. The Morgan fingerprint density at radius 1 is 0.941 bits per heavy atom. The second-order valence-electron chi connectivity index (χ2n) is 9.23. The fraction of sp³-hybridized carbons (Fsp3) is 0.269. The molecule has 4 rings (SSSR count). The monoisotopic (exact) mass is 482 g/mol. The van der Waals surface area contributed by atoms with Crippen LogP contribution in [0.5, 0.6) is 0 Å². The smallest absolute Gasteiger partial charge is 0.159 e. The average molecular weight is 483 g/mol. The number of halogens is 3. The van der Waals surface area contributed by atoms with Crippen molar-refractivity contribution in [3.05, 3.63) is 83.3 Å². The van der Waals surface area contributed by atoms with Crippen LogP contribution >= 0.6 is 11.6 Å². The summed E-state index contributed by atoms with van der Waals surface area (Å²) in [5.74, 6) is -0.202. The molecule has 0 fully saturated rings. The lowest BCUT2D eigenvalue weighted by Crippen LogP contribution is -2.31. The third kappa shape index (κ3) is 4.86. The molecule has 0 aliphatic rings. The van der Waals surface area contributed by atoms with Gasteiger partial charge < -0.3 is 10.4 Å². The SMILES string of the molecule is CC(C)(O)c1ncc(-c2ccc3ncc(Cl)c(NC(c4ccccc4F)C(C)(C)F)c3c2)cn1.